The molecule has 2 aromatic rings. The molecule has 2 aromatic carbocycles. The summed E-state index contributed by atoms with van der Waals surface area (Å²) in [6.07, 6.45) is -1.20. The summed E-state index contributed by atoms with van der Waals surface area (Å²) in [5.41, 5.74) is 0.518. The van der Waals surface area contributed by atoms with Crippen LogP contribution in [-0.2, 0) is 0 Å². The molecule has 3 amide bonds. The van der Waals surface area contributed by atoms with Gasteiger partial charge in [-0.2, -0.15) is 0 Å². The Morgan fingerprint density at radius 2 is 1.79 bits per heavy atom. The zero-order chi connectivity index (χ0) is 20.9. The van der Waals surface area contributed by atoms with Crippen molar-refractivity contribution in [3.05, 3.63) is 65.2 Å². The third kappa shape index (κ3) is 6.31. The molecule has 0 fully saturated rings. The third-order valence-electron chi connectivity index (χ3n) is 3.66. The van der Waals surface area contributed by atoms with Gasteiger partial charge < -0.3 is 21.1 Å². The Morgan fingerprint density at radius 3 is 2.43 bits per heavy atom. The predicted molar refractivity (Wildman–Crippen MR) is 102 cm³/mol. The first kappa shape index (κ1) is 21.3. The first-order chi connectivity index (χ1) is 13.0. The monoisotopic (exact) mass is 391 g/mol. The molecule has 1 atom stereocenters. The van der Waals surface area contributed by atoms with E-state index in [2.05, 4.69) is 16.0 Å². The maximum atomic E-state index is 13.2. The van der Waals surface area contributed by atoms with Gasteiger partial charge in [-0.3, -0.25) is 4.79 Å². The molecule has 0 bridgehead atoms. The number of carbonyl (C=O) groups excluding carboxylic acids is 2. The molecular weight excluding hydrogens is 368 g/mol. The van der Waals surface area contributed by atoms with Crippen LogP contribution in [0.1, 0.15) is 42.8 Å². The van der Waals surface area contributed by atoms with Crippen LogP contribution in [0.4, 0.5) is 19.3 Å². The smallest absolute Gasteiger partial charge is 0.319 e. The minimum absolute atomic E-state index is 0.139. The van der Waals surface area contributed by atoms with Crippen LogP contribution in [0.5, 0.6) is 0 Å². The fourth-order valence-corrected chi connectivity index (χ4v) is 2.35. The quantitative estimate of drug-likeness (QED) is 0.630. The van der Waals surface area contributed by atoms with E-state index in [9.17, 15) is 23.5 Å². The molecule has 6 nitrogen and oxygen atoms in total. The van der Waals surface area contributed by atoms with Gasteiger partial charge in [-0.1, -0.05) is 12.1 Å². The fraction of sp³-hybridized carbons (Fsp3) is 0.300. The minimum atomic E-state index is -1.20. The second-order valence-electron chi connectivity index (χ2n) is 7.31. The Kier molecular flexibility index (Phi) is 6.69. The van der Waals surface area contributed by atoms with Gasteiger partial charge >= 0.3 is 6.03 Å². The van der Waals surface area contributed by atoms with Crippen molar-refractivity contribution in [3.63, 3.8) is 0 Å². The predicted octanol–water partition coefficient (Wildman–Crippen LogP) is 3.35. The number of benzene rings is 2. The number of anilines is 1. The number of nitrogens with one attached hydrogen (secondary N) is 3. The lowest BCUT2D eigenvalue weighted by atomic mass is 10.1. The fourth-order valence-electron chi connectivity index (χ4n) is 2.35. The molecular formula is C20H23F2N3O3. The standard InChI is InChI=1S/C20H23F2N3O3/c1-20(2,3)25-18(27)13-5-4-6-14(9-13)24-19(28)23-11-17(26)12-7-8-15(21)16(22)10-12/h4-10,17,26H,11H2,1-3H3,(H,25,27)(H2,23,24,28). The third-order valence-corrected chi connectivity index (χ3v) is 3.66. The van der Waals surface area contributed by atoms with Gasteiger partial charge in [0.2, 0.25) is 0 Å². The largest absolute Gasteiger partial charge is 0.387 e. The Labute approximate surface area is 162 Å². The molecule has 4 N–H and O–H groups in total. The summed E-state index contributed by atoms with van der Waals surface area (Å²) in [6, 6.07) is 8.78. The number of halogens is 2. The van der Waals surface area contributed by atoms with Crippen molar-refractivity contribution < 1.29 is 23.5 Å². The van der Waals surface area contributed by atoms with Crippen molar-refractivity contribution in [1.82, 2.24) is 10.6 Å². The molecule has 0 heterocycles. The number of hydrogen-bond acceptors (Lipinski definition) is 3. The minimum Gasteiger partial charge on any atom is -0.387 e. The van der Waals surface area contributed by atoms with E-state index < -0.39 is 29.3 Å². The molecule has 0 saturated heterocycles. The summed E-state index contributed by atoms with van der Waals surface area (Å²) in [7, 11) is 0. The first-order valence-corrected chi connectivity index (χ1v) is 8.65. The van der Waals surface area contributed by atoms with Gasteiger partial charge in [0.1, 0.15) is 0 Å². The zero-order valence-electron chi connectivity index (χ0n) is 15.8. The van der Waals surface area contributed by atoms with E-state index in [-0.39, 0.29) is 18.0 Å². The van der Waals surface area contributed by atoms with E-state index in [4.69, 9.17) is 0 Å². The van der Waals surface area contributed by atoms with Crippen LogP contribution in [-0.4, -0.2) is 29.1 Å². The SMILES string of the molecule is CC(C)(C)NC(=O)c1cccc(NC(=O)NCC(O)c2ccc(F)c(F)c2)c1. The van der Waals surface area contributed by atoms with Crippen molar-refractivity contribution in [2.75, 3.05) is 11.9 Å². The summed E-state index contributed by atoms with van der Waals surface area (Å²) in [4.78, 5) is 24.2. The molecule has 8 heteroatoms. The van der Waals surface area contributed by atoms with Crippen LogP contribution in [0, 0.1) is 11.6 Å². The lowest BCUT2D eigenvalue weighted by molar-refractivity contribution is 0.0919. The van der Waals surface area contributed by atoms with E-state index in [1.807, 2.05) is 20.8 Å². The summed E-state index contributed by atoms with van der Waals surface area (Å²) >= 11 is 0. The van der Waals surface area contributed by atoms with Gasteiger partial charge in [-0.05, 0) is 56.7 Å². The van der Waals surface area contributed by atoms with Crippen molar-refractivity contribution in [3.8, 4) is 0 Å². The highest BCUT2D eigenvalue weighted by Gasteiger charge is 2.16. The summed E-state index contributed by atoms with van der Waals surface area (Å²) in [5.74, 6) is -2.37. The highest BCUT2D eigenvalue weighted by molar-refractivity contribution is 5.97. The normalized spacial score (nSPS) is 12.2. The van der Waals surface area contributed by atoms with Crippen molar-refractivity contribution in [2.45, 2.75) is 32.4 Å². The molecule has 150 valence electrons. The second-order valence-corrected chi connectivity index (χ2v) is 7.31. The molecule has 0 radical (unpaired) electrons. The average Bonchev–Trinajstić information content (AvgIpc) is 2.61. The highest BCUT2D eigenvalue weighted by atomic mass is 19.2. The number of carbonyl (C=O) groups is 2. The summed E-state index contributed by atoms with van der Waals surface area (Å²) in [6.45, 7) is 5.37. The average molecular weight is 391 g/mol. The molecule has 2 rings (SSSR count). The lowest BCUT2D eigenvalue weighted by Gasteiger charge is -2.20. The van der Waals surface area contributed by atoms with E-state index >= 15 is 0 Å². The number of amides is 3. The first-order valence-electron chi connectivity index (χ1n) is 8.65. The number of rotatable bonds is 5. The van der Waals surface area contributed by atoms with Crippen molar-refractivity contribution in [2.24, 2.45) is 0 Å². The Balaban J connectivity index is 1.93. The number of aliphatic hydroxyl groups is 1. The van der Waals surface area contributed by atoms with Crippen LogP contribution in [0.3, 0.4) is 0 Å². The maximum absolute atomic E-state index is 13.2. The zero-order valence-corrected chi connectivity index (χ0v) is 15.8. The molecule has 0 aliphatic heterocycles. The van der Waals surface area contributed by atoms with Crippen LogP contribution < -0.4 is 16.0 Å². The van der Waals surface area contributed by atoms with Crippen LogP contribution in [0.15, 0.2) is 42.5 Å². The maximum Gasteiger partial charge on any atom is 0.319 e. The van der Waals surface area contributed by atoms with Gasteiger partial charge in [0.25, 0.3) is 5.91 Å². The van der Waals surface area contributed by atoms with Gasteiger partial charge in [0.15, 0.2) is 11.6 Å². The number of hydrogen-bond donors (Lipinski definition) is 4. The van der Waals surface area contributed by atoms with Crippen LogP contribution in [0.25, 0.3) is 0 Å². The lowest BCUT2D eigenvalue weighted by Crippen LogP contribution is -2.40. The van der Waals surface area contributed by atoms with Crippen LogP contribution >= 0.6 is 0 Å². The van der Waals surface area contributed by atoms with Crippen molar-refractivity contribution in [1.29, 1.82) is 0 Å². The molecule has 28 heavy (non-hydrogen) atoms. The van der Waals surface area contributed by atoms with E-state index in [1.165, 1.54) is 12.1 Å². The summed E-state index contributed by atoms with van der Waals surface area (Å²) < 4.78 is 26.1. The number of aliphatic hydroxyl groups excluding tert-OH is 1. The molecule has 0 aliphatic rings. The van der Waals surface area contributed by atoms with Gasteiger partial charge in [-0.25, -0.2) is 13.6 Å². The molecule has 1 unspecified atom stereocenters. The molecule has 0 aliphatic carbocycles. The summed E-state index contributed by atoms with van der Waals surface area (Å²) in [5, 5.41) is 17.8. The molecule has 0 aromatic heterocycles. The van der Waals surface area contributed by atoms with Gasteiger partial charge in [0.05, 0.1) is 6.10 Å². The number of urea groups is 1. The van der Waals surface area contributed by atoms with Gasteiger partial charge in [-0.15, -0.1) is 0 Å². The van der Waals surface area contributed by atoms with Crippen molar-refractivity contribution >= 4 is 17.6 Å². The van der Waals surface area contributed by atoms with E-state index in [0.29, 0.717) is 11.3 Å². The molecule has 0 spiro atoms. The second kappa shape index (κ2) is 8.79. The Morgan fingerprint density at radius 1 is 1.07 bits per heavy atom. The van der Waals surface area contributed by atoms with E-state index in [1.54, 1.807) is 18.2 Å². The van der Waals surface area contributed by atoms with Crippen LogP contribution in [0.2, 0.25) is 0 Å². The van der Waals surface area contributed by atoms with Gasteiger partial charge in [0, 0.05) is 23.3 Å². The highest BCUT2D eigenvalue weighted by Crippen LogP contribution is 2.16. The van der Waals surface area contributed by atoms with E-state index in [0.717, 1.165) is 12.1 Å². The Hall–Kier alpha value is -3.00. The molecule has 0 saturated carbocycles. The topological polar surface area (TPSA) is 90.5 Å². The Bertz CT molecular complexity index is 866.